The molecular weight excluding hydrogens is 546 g/mol. The lowest BCUT2D eigenvalue weighted by molar-refractivity contribution is 0.660. The number of rotatable bonds is 4. The first kappa shape index (κ1) is 26.8. The van der Waals surface area contributed by atoms with E-state index in [9.17, 15) is 5.26 Å². The molecule has 0 atom stereocenters. The van der Waals surface area contributed by atoms with Crippen LogP contribution < -0.4 is 0 Å². The second-order valence-corrected chi connectivity index (χ2v) is 12.2. The summed E-state index contributed by atoms with van der Waals surface area (Å²) in [5, 5.41) is 12.2. The predicted octanol–water partition coefficient (Wildman–Crippen LogP) is 10.5. The Morgan fingerprint density at radius 1 is 0.511 bits per heavy atom. The van der Waals surface area contributed by atoms with E-state index in [-0.39, 0.29) is 5.41 Å². The molecule has 0 saturated carbocycles. The van der Waals surface area contributed by atoms with E-state index in [0.717, 1.165) is 55.9 Å². The van der Waals surface area contributed by atoms with E-state index in [1.165, 1.54) is 21.9 Å². The molecule has 0 amide bonds. The molecule has 0 aliphatic heterocycles. The first-order valence-electron chi connectivity index (χ1n) is 15.2. The van der Waals surface area contributed by atoms with Crippen molar-refractivity contribution < 1.29 is 0 Å². The molecule has 1 aliphatic carbocycles. The van der Waals surface area contributed by atoms with Crippen LogP contribution in [0.4, 0.5) is 0 Å². The third kappa shape index (κ3) is 4.51. The van der Waals surface area contributed by atoms with Crippen molar-refractivity contribution in [3.05, 3.63) is 156 Å². The van der Waals surface area contributed by atoms with Gasteiger partial charge in [-0.15, -0.1) is 0 Å². The summed E-state index contributed by atoms with van der Waals surface area (Å²) in [5.41, 5.74) is 12.4. The minimum absolute atomic E-state index is 0.179. The molecular formula is C42H29N3. The summed E-state index contributed by atoms with van der Waals surface area (Å²) in [7, 11) is 0. The minimum atomic E-state index is -0.179. The van der Waals surface area contributed by atoms with Gasteiger partial charge in [-0.2, -0.15) is 5.26 Å². The third-order valence-electron chi connectivity index (χ3n) is 9.14. The van der Waals surface area contributed by atoms with Crippen molar-refractivity contribution in [2.45, 2.75) is 19.3 Å². The van der Waals surface area contributed by atoms with Crippen molar-refractivity contribution >= 4 is 10.8 Å². The zero-order valence-electron chi connectivity index (χ0n) is 25.1. The van der Waals surface area contributed by atoms with Crippen molar-refractivity contribution in [1.82, 2.24) is 9.97 Å². The Morgan fingerprint density at radius 3 is 1.91 bits per heavy atom. The summed E-state index contributed by atoms with van der Waals surface area (Å²) in [4.78, 5) is 10.1. The highest BCUT2D eigenvalue weighted by Gasteiger charge is 2.36. The molecule has 1 heterocycles. The average molecular weight is 576 g/mol. The van der Waals surface area contributed by atoms with E-state index in [1.807, 2.05) is 30.3 Å². The van der Waals surface area contributed by atoms with Crippen LogP contribution in [0.15, 0.2) is 140 Å². The van der Waals surface area contributed by atoms with Crippen LogP contribution in [0, 0.1) is 11.3 Å². The molecule has 8 rings (SSSR count). The molecule has 0 fully saturated rings. The predicted molar refractivity (Wildman–Crippen MR) is 184 cm³/mol. The van der Waals surface area contributed by atoms with Gasteiger partial charge < -0.3 is 0 Å². The molecule has 3 heteroatoms. The summed E-state index contributed by atoms with van der Waals surface area (Å²) in [6.07, 6.45) is 0. The maximum atomic E-state index is 9.80. The maximum Gasteiger partial charge on any atom is 0.160 e. The minimum Gasteiger partial charge on any atom is -0.228 e. The molecule has 0 bridgehead atoms. The van der Waals surface area contributed by atoms with Gasteiger partial charge in [0.15, 0.2) is 5.82 Å². The zero-order valence-corrected chi connectivity index (χ0v) is 25.1. The van der Waals surface area contributed by atoms with Crippen molar-refractivity contribution in [3.63, 3.8) is 0 Å². The highest BCUT2D eigenvalue weighted by Crippen LogP contribution is 2.50. The van der Waals surface area contributed by atoms with E-state index < -0.39 is 0 Å². The third-order valence-corrected chi connectivity index (χ3v) is 9.14. The Hall–Kier alpha value is -5.85. The monoisotopic (exact) mass is 575 g/mol. The summed E-state index contributed by atoms with van der Waals surface area (Å²) in [6.45, 7) is 4.50. The number of aromatic nitrogens is 2. The van der Waals surface area contributed by atoms with Crippen LogP contribution in [0.1, 0.15) is 30.5 Å². The van der Waals surface area contributed by atoms with Crippen molar-refractivity contribution in [3.8, 4) is 62.2 Å². The highest BCUT2D eigenvalue weighted by molar-refractivity contribution is 5.88. The van der Waals surface area contributed by atoms with Crippen LogP contribution in [-0.4, -0.2) is 9.97 Å². The number of fused-ring (bicyclic) bond motifs is 4. The van der Waals surface area contributed by atoms with Crippen LogP contribution in [0.5, 0.6) is 0 Å². The molecule has 212 valence electrons. The second kappa shape index (κ2) is 10.4. The van der Waals surface area contributed by atoms with Crippen molar-refractivity contribution in [2.75, 3.05) is 0 Å². The number of hydrogen-bond acceptors (Lipinski definition) is 3. The molecule has 3 nitrogen and oxygen atoms in total. The molecule has 1 aromatic heterocycles. The van der Waals surface area contributed by atoms with E-state index in [2.05, 4.69) is 129 Å². The van der Waals surface area contributed by atoms with Crippen LogP contribution in [0.3, 0.4) is 0 Å². The Kier molecular flexibility index (Phi) is 6.18. The molecule has 0 saturated heterocycles. The first-order chi connectivity index (χ1) is 22.0. The lowest BCUT2D eigenvalue weighted by Gasteiger charge is -2.22. The summed E-state index contributed by atoms with van der Waals surface area (Å²) in [5.74, 6) is 0.707. The standard InChI is InChI=1S/C42H29N3/c1-42(2)36-14-8-13-34(26-43)40(36)35-22-21-32(24-37(35)42)28-15-18-30(19-16-28)39-25-38(29-10-4-3-5-11-29)44-41(45-39)33-20-17-27-9-6-7-12-31(27)23-33/h3-25H,1-2H3. The van der Waals surface area contributed by atoms with E-state index >= 15 is 0 Å². The smallest absolute Gasteiger partial charge is 0.160 e. The molecule has 7 aromatic rings. The van der Waals surface area contributed by atoms with Crippen LogP contribution >= 0.6 is 0 Å². The van der Waals surface area contributed by atoms with E-state index in [4.69, 9.17) is 9.97 Å². The van der Waals surface area contributed by atoms with Crippen LogP contribution in [-0.2, 0) is 5.41 Å². The van der Waals surface area contributed by atoms with Gasteiger partial charge in [0.2, 0.25) is 0 Å². The summed E-state index contributed by atoms with van der Waals surface area (Å²) >= 11 is 0. The molecule has 6 aromatic carbocycles. The number of hydrogen-bond donors (Lipinski definition) is 0. The average Bonchev–Trinajstić information content (AvgIpc) is 3.34. The zero-order chi connectivity index (χ0) is 30.5. The number of nitrogens with zero attached hydrogens (tertiary/aromatic N) is 3. The number of nitriles is 1. The largest absolute Gasteiger partial charge is 0.228 e. The van der Waals surface area contributed by atoms with Crippen molar-refractivity contribution in [2.24, 2.45) is 0 Å². The summed E-state index contributed by atoms with van der Waals surface area (Å²) in [6, 6.07) is 50.9. The van der Waals surface area contributed by atoms with E-state index in [1.54, 1.807) is 0 Å². The first-order valence-corrected chi connectivity index (χ1v) is 15.2. The highest BCUT2D eigenvalue weighted by atomic mass is 14.9. The normalized spacial score (nSPS) is 12.8. The SMILES string of the molecule is CC1(C)c2cc(-c3ccc(-c4cc(-c5ccccc5)nc(-c5ccc6ccccc6c5)n4)cc3)ccc2-c2c(C#N)cccc21. The van der Waals surface area contributed by atoms with E-state index in [0.29, 0.717) is 5.82 Å². The van der Waals surface area contributed by atoms with Gasteiger partial charge in [-0.05, 0) is 62.9 Å². The van der Waals surface area contributed by atoms with Gasteiger partial charge in [-0.1, -0.05) is 129 Å². The van der Waals surface area contributed by atoms with Crippen LogP contribution in [0.2, 0.25) is 0 Å². The Morgan fingerprint density at radius 2 is 1.16 bits per heavy atom. The summed E-state index contributed by atoms with van der Waals surface area (Å²) < 4.78 is 0. The fourth-order valence-electron chi connectivity index (χ4n) is 6.70. The Bertz CT molecular complexity index is 2290. The molecule has 0 spiro atoms. The topological polar surface area (TPSA) is 49.6 Å². The van der Waals surface area contributed by atoms with Gasteiger partial charge >= 0.3 is 0 Å². The van der Waals surface area contributed by atoms with Gasteiger partial charge in [0, 0.05) is 27.7 Å². The second-order valence-electron chi connectivity index (χ2n) is 12.2. The Labute approximate surface area is 263 Å². The lowest BCUT2D eigenvalue weighted by Crippen LogP contribution is -2.15. The fraction of sp³-hybridized carbons (Fsp3) is 0.0714. The van der Waals surface area contributed by atoms with Gasteiger partial charge in [-0.25, -0.2) is 9.97 Å². The fourth-order valence-corrected chi connectivity index (χ4v) is 6.70. The van der Waals surface area contributed by atoms with Crippen molar-refractivity contribution in [1.29, 1.82) is 5.26 Å². The lowest BCUT2D eigenvalue weighted by atomic mass is 9.81. The van der Waals surface area contributed by atoms with Gasteiger partial charge in [-0.3, -0.25) is 0 Å². The Balaban J connectivity index is 1.19. The molecule has 1 aliphatic rings. The van der Waals surface area contributed by atoms with Gasteiger partial charge in [0.25, 0.3) is 0 Å². The molecule has 0 radical (unpaired) electrons. The van der Waals surface area contributed by atoms with Crippen LogP contribution in [0.25, 0.3) is 66.9 Å². The van der Waals surface area contributed by atoms with Gasteiger partial charge in [0.1, 0.15) is 0 Å². The number of benzene rings is 6. The molecule has 0 unspecified atom stereocenters. The molecule has 45 heavy (non-hydrogen) atoms. The quantitative estimate of drug-likeness (QED) is 0.210. The van der Waals surface area contributed by atoms with Gasteiger partial charge in [0.05, 0.1) is 23.0 Å². The molecule has 0 N–H and O–H groups in total. The maximum absolute atomic E-state index is 9.80.